The fourth-order valence-corrected chi connectivity index (χ4v) is 4.39. The molecule has 0 spiro atoms. The van der Waals surface area contributed by atoms with Crippen LogP contribution < -0.4 is 4.90 Å². The predicted octanol–water partition coefficient (Wildman–Crippen LogP) is 2.94. The maximum Gasteiger partial charge on any atom is 0.407 e. The van der Waals surface area contributed by atoms with E-state index in [4.69, 9.17) is 4.74 Å². The highest BCUT2D eigenvalue weighted by Crippen LogP contribution is 2.34. The van der Waals surface area contributed by atoms with Gasteiger partial charge in [0.15, 0.2) is 0 Å². The van der Waals surface area contributed by atoms with Crippen LogP contribution >= 0.6 is 0 Å². The highest BCUT2D eigenvalue weighted by molar-refractivity contribution is 6.28. The van der Waals surface area contributed by atoms with Gasteiger partial charge in [-0.05, 0) is 36.8 Å². The van der Waals surface area contributed by atoms with Gasteiger partial charge in [0.25, 0.3) is 11.8 Å². The molecule has 1 fully saturated rings. The van der Waals surface area contributed by atoms with Crippen LogP contribution in [0.1, 0.15) is 11.3 Å². The van der Waals surface area contributed by atoms with E-state index in [0.29, 0.717) is 16.2 Å². The first-order chi connectivity index (χ1) is 16.7. The zero-order chi connectivity index (χ0) is 24.9. The Morgan fingerprint density at radius 2 is 1.86 bits per heavy atom. The first-order valence-electron chi connectivity index (χ1n) is 10.9. The second-order valence-corrected chi connectivity index (χ2v) is 8.39. The van der Waals surface area contributed by atoms with Gasteiger partial charge in [-0.15, -0.1) is 0 Å². The molecule has 2 aliphatic heterocycles. The van der Waals surface area contributed by atoms with Gasteiger partial charge in [-0.25, -0.2) is 23.5 Å². The van der Waals surface area contributed by atoms with Crippen LogP contribution in [0.3, 0.4) is 0 Å². The number of amides is 3. The average molecular weight is 482 g/mol. The summed E-state index contributed by atoms with van der Waals surface area (Å²) >= 11 is 0. The number of aromatic nitrogens is 2. The quantitative estimate of drug-likeness (QED) is 0.574. The van der Waals surface area contributed by atoms with Gasteiger partial charge in [0.05, 0.1) is 41.9 Å². The third-order valence-corrected chi connectivity index (χ3v) is 6.04. The number of benzene rings is 1. The highest BCUT2D eigenvalue weighted by atomic mass is 19.1. The topological polar surface area (TPSA) is 104 Å². The molecule has 3 aromatic rings. The molecule has 1 N–H and O–H groups in total. The van der Waals surface area contributed by atoms with E-state index < -0.39 is 41.2 Å². The van der Waals surface area contributed by atoms with Crippen LogP contribution in [0.5, 0.6) is 0 Å². The van der Waals surface area contributed by atoms with Gasteiger partial charge in [0.1, 0.15) is 17.3 Å². The highest BCUT2D eigenvalue weighted by Gasteiger charge is 2.31. The number of fused-ring (bicyclic) bond motifs is 1. The van der Waals surface area contributed by atoms with Gasteiger partial charge in [-0.1, -0.05) is 0 Å². The van der Waals surface area contributed by atoms with Crippen LogP contribution in [0.25, 0.3) is 16.9 Å². The van der Waals surface area contributed by atoms with Crippen molar-refractivity contribution in [2.75, 3.05) is 24.6 Å². The van der Waals surface area contributed by atoms with Crippen LogP contribution in [0.4, 0.5) is 19.3 Å². The summed E-state index contributed by atoms with van der Waals surface area (Å²) in [5, 5.41) is 9.34. The van der Waals surface area contributed by atoms with E-state index in [1.165, 1.54) is 4.90 Å². The molecule has 1 saturated heterocycles. The minimum absolute atomic E-state index is 0.0328. The Morgan fingerprint density at radius 1 is 1.17 bits per heavy atom. The smallest absolute Gasteiger partial charge is 0.407 e. The van der Waals surface area contributed by atoms with Gasteiger partial charge in [-0.2, -0.15) is 0 Å². The van der Waals surface area contributed by atoms with E-state index in [1.807, 2.05) is 13.0 Å². The van der Waals surface area contributed by atoms with Crippen molar-refractivity contribution < 1.29 is 33.0 Å². The number of halogens is 2. The largest absolute Gasteiger partial charge is 0.465 e. The van der Waals surface area contributed by atoms with E-state index in [0.717, 1.165) is 29.8 Å². The second kappa shape index (κ2) is 8.58. The fraction of sp³-hybridized carbons (Fsp3) is 0.250. The summed E-state index contributed by atoms with van der Waals surface area (Å²) in [7, 11) is 0. The van der Waals surface area contributed by atoms with Crippen LogP contribution in [0.15, 0.2) is 42.6 Å². The number of imide groups is 1. The number of rotatable bonds is 4. The van der Waals surface area contributed by atoms with Crippen LogP contribution in [0.2, 0.25) is 0 Å². The summed E-state index contributed by atoms with van der Waals surface area (Å²) in [6.07, 6.45) is 2.32. The standard InChI is InChI=1S/C24H20F2N4O5/c1-13-4-5-29-18(11-15-12-28(24(33)34)6-7-35-15)23(27-19(29)8-13)22-16(25)9-14(10-17(22)26)30-20(31)2-3-21(30)32/h2-5,8-10,15H,6-7,11-12H2,1H3,(H,33,34). The van der Waals surface area contributed by atoms with Crippen molar-refractivity contribution in [3.05, 3.63) is 65.5 Å². The van der Waals surface area contributed by atoms with E-state index >= 15 is 8.78 Å². The number of hydrogen-bond acceptors (Lipinski definition) is 5. The number of carboxylic acid groups (broad SMARTS) is 1. The summed E-state index contributed by atoms with van der Waals surface area (Å²) in [6.45, 7) is 2.39. The molecule has 180 valence electrons. The van der Waals surface area contributed by atoms with Crippen LogP contribution in [0, 0.1) is 18.6 Å². The number of anilines is 1. The molecule has 5 rings (SSSR count). The van der Waals surface area contributed by atoms with Crippen molar-refractivity contribution in [2.24, 2.45) is 0 Å². The zero-order valence-corrected chi connectivity index (χ0v) is 18.6. The molecule has 3 amide bonds. The molecule has 0 aliphatic carbocycles. The summed E-state index contributed by atoms with van der Waals surface area (Å²) < 4.78 is 38.2. The Morgan fingerprint density at radius 3 is 2.51 bits per heavy atom. The van der Waals surface area contributed by atoms with Crippen LogP contribution in [-0.2, 0) is 20.7 Å². The summed E-state index contributed by atoms with van der Waals surface area (Å²) in [4.78, 5) is 41.7. The number of imidazole rings is 1. The monoisotopic (exact) mass is 482 g/mol. The lowest BCUT2D eigenvalue weighted by Gasteiger charge is -2.31. The molecule has 1 aromatic carbocycles. The third kappa shape index (κ3) is 4.03. The number of ether oxygens (including phenoxy) is 1. The zero-order valence-electron chi connectivity index (χ0n) is 18.6. The fourth-order valence-electron chi connectivity index (χ4n) is 4.39. The number of carbonyl (C=O) groups is 3. The van der Waals surface area contributed by atoms with Gasteiger partial charge >= 0.3 is 6.09 Å². The van der Waals surface area contributed by atoms with E-state index in [9.17, 15) is 19.5 Å². The van der Waals surface area contributed by atoms with E-state index in [-0.39, 0.29) is 37.5 Å². The van der Waals surface area contributed by atoms with Crippen molar-refractivity contribution in [1.29, 1.82) is 0 Å². The molecular formula is C24H20F2N4O5. The molecule has 11 heteroatoms. The molecule has 35 heavy (non-hydrogen) atoms. The first kappa shape index (κ1) is 22.7. The van der Waals surface area contributed by atoms with Gasteiger partial charge < -0.3 is 19.1 Å². The minimum Gasteiger partial charge on any atom is -0.465 e. The van der Waals surface area contributed by atoms with Crippen molar-refractivity contribution in [1.82, 2.24) is 14.3 Å². The molecular weight excluding hydrogens is 462 g/mol. The van der Waals surface area contributed by atoms with Crippen molar-refractivity contribution in [3.63, 3.8) is 0 Å². The first-order valence-corrected chi connectivity index (χ1v) is 10.9. The summed E-state index contributed by atoms with van der Waals surface area (Å²) in [5.74, 6) is -3.37. The third-order valence-electron chi connectivity index (χ3n) is 6.04. The number of aryl methyl sites for hydroxylation is 1. The molecule has 9 nitrogen and oxygen atoms in total. The van der Waals surface area contributed by atoms with Crippen molar-refractivity contribution in [2.45, 2.75) is 19.4 Å². The van der Waals surface area contributed by atoms with Gasteiger partial charge in [0.2, 0.25) is 0 Å². The number of nitrogens with zero attached hydrogens (tertiary/aromatic N) is 4. The lowest BCUT2D eigenvalue weighted by Crippen LogP contribution is -2.45. The number of morpholine rings is 1. The summed E-state index contributed by atoms with van der Waals surface area (Å²) in [5.41, 5.74) is 1.18. The van der Waals surface area contributed by atoms with E-state index in [2.05, 4.69) is 4.98 Å². The summed E-state index contributed by atoms with van der Waals surface area (Å²) in [6, 6.07) is 5.42. The maximum absolute atomic E-state index is 15.4. The lowest BCUT2D eigenvalue weighted by atomic mass is 10.0. The number of hydrogen-bond donors (Lipinski definition) is 1. The number of carbonyl (C=O) groups excluding carboxylic acids is 2. The Kier molecular flexibility index (Phi) is 5.56. The molecule has 4 heterocycles. The lowest BCUT2D eigenvalue weighted by molar-refractivity contribution is -0.119. The van der Waals surface area contributed by atoms with Gasteiger partial charge in [0, 0.05) is 31.3 Å². The van der Waals surface area contributed by atoms with Crippen molar-refractivity contribution >= 4 is 29.2 Å². The Labute approximate surface area is 197 Å². The van der Waals surface area contributed by atoms with Crippen LogP contribution in [-0.4, -0.2) is 63.1 Å². The molecule has 1 unspecified atom stereocenters. The van der Waals surface area contributed by atoms with Crippen molar-refractivity contribution in [3.8, 4) is 11.3 Å². The Balaban J connectivity index is 1.59. The molecule has 1 atom stereocenters. The van der Waals surface area contributed by atoms with E-state index in [1.54, 1.807) is 16.7 Å². The predicted molar refractivity (Wildman–Crippen MR) is 120 cm³/mol. The second-order valence-electron chi connectivity index (χ2n) is 8.39. The molecule has 2 aromatic heterocycles. The molecule has 0 saturated carbocycles. The molecule has 0 bridgehead atoms. The SMILES string of the molecule is Cc1ccn2c(CC3CN(C(=O)O)CCO3)c(-c3c(F)cc(N4C(=O)C=CC4=O)cc3F)nc2c1. The normalized spacial score (nSPS) is 18.2. The number of pyridine rings is 1. The molecule has 2 aliphatic rings. The maximum atomic E-state index is 15.4. The molecule has 0 radical (unpaired) electrons. The minimum atomic E-state index is -1.07. The Hall–Kier alpha value is -4.12. The Bertz CT molecular complexity index is 1380. The van der Waals surface area contributed by atoms with Gasteiger partial charge in [-0.3, -0.25) is 9.59 Å². The average Bonchev–Trinajstić information content (AvgIpc) is 3.32.